The summed E-state index contributed by atoms with van der Waals surface area (Å²) in [6, 6.07) is -0.0650. The van der Waals surface area contributed by atoms with Crippen LogP contribution in [-0.2, 0) is 0 Å². The van der Waals surface area contributed by atoms with Gasteiger partial charge in [0.05, 0.1) is 6.10 Å². The Balaban J connectivity index is 2.26. The van der Waals surface area contributed by atoms with E-state index in [1.807, 2.05) is 0 Å². The molecule has 20 heavy (non-hydrogen) atoms. The van der Waals surface area contributed by atoms with Gasteiger partial charge in [-0.05, 0) is 49.9 Å². The van der Waals surface area contributed by atoms with E-state index in [0.29, 0.717) is 12.5 Å². The first kappa shape index (κ1) is 17.3. The summed E-state index contributed by atoms with van der Waals surface area (Å²) >= 11 is 0. The number of hydrogen-bond donors (Lipinski definition) is 3. The van der Waals surface area contributed by atoms with Crippen molar-refractivity contribution in [2.75, 3.05) is 13.1 Å². The zero-order valence-corrected chi connectivity index (χ0v) is 13.4. The maximum atomic E-state index is 11.9. The fourth-order valence-corrected chi connectivity index (χ4v) is 3.14. The van der Waals surface area contributed by atoms with Crippen molar-refractivity contribution in [3.63, 3.8) is 0 Å². The van der Waals surface area contributed by atoms with E-state index >= 15 is 0 Å². The fourth-order valence-electron chi connectivity index (χ4n) is 3.14. The first-order valence-corrected chi connectivity index (χ1v) is 8.25. The SMILES string of the molecule is CCC(CC)(CC)CNC(=O)NCC1CCCC(O)C1. The molecule has 0 radical (unpaired) electrons. The van der Waals surface area contributed by atoms with E-state index < -0.39 is 0 Å². The molecular weight excluding hydrogens is 252 g/mol. The number of rotatable bonds is 7. The van der Waals surface area contributed by atoms with Crippen molar-refractivity contribution in [2.24, 2.45) is 11.3 Å². The summed E-state index contributed by atoms with van der Waals surface area (Å²) in [5.41, 5.74) is 0.234. The van der Waals surface area contributed by atoms with Gasteiger partial charge in [-0.1, -0.05) is 27.2 Å². The molecule has 0 heterocycles. The van der Waals surface area contributed by atoms with Gasteiger partial charge in [-0.2, -0.15) is 0 Å². The molecule has 1 fully saturated rings. The Kier molecular flexibility index (Phi) is 7.35. The van der Waals surface area contributed by atoms with E-state index in [2.05, 4.69) is 31.4 Å². The summed E-state index contributed by atoms with van der Waals surface area (Å²) in [6.07, 6.45) is 7.02. The highest BCUT2D eigenvalue weighted by Crippen LogP contribution is 2.29. The Morgan fingerprint density at radius 2 is 1.80 bits per heavy atom. The predicted octanol–water partition coefficient (Wildman–Crippen LogP) is 3.05. The summed E-state index contributed by atoms with van der Waals surface area (Å²) in [7, 11) is 0. The number of urea groups is 1. The standard InChI is InChI=1S/C16H32N2O2/c1-4-16(5-2,6-3)12-18-15(20)17-11-13-8-7-9-14(19)10-13/h13-14,19H,4-12H2,1-3H3,(H2,17,18,20). The topological polar surface area (TPSA) is 61.4 Å². The van der Waals surface area contributed by atoms with Crippen LogP contribution in [0.3, 0.4) is 0 Å². The number of nitrogens with one attached hydrogen (secondary N) is 2. The van der Waals surface area contributed by atoms with Crippen LogP contribution in [-0.4, -0.2) is 30.3 Å². The number of amides is 2. The molecule has 2 unspecified atom stereocenters. The highest BCUT2D eigenvalue weighted by molar-refractivity contribution is 5.73. The minimum absolute atomic E-state index is 0.0650. The van der Waals surface area contributed by atoms with Crippen molar-refractivity contribution in [2.45, 2.75) is 71.8 Å². The predicted molar refractivity (Wildman–Crippen MR) is 82.7 cm³/mol. The first-order valence-electron chi connectivity index (χ1n) is 8.25. The summed E-state index contributed by atoms with van der Waals surface area (Å²) in [5, 5.41) is 15.6. The van der Waals surface area contributed by atoms with Gasteiger partial charge in [0, 0.05) is 13.1 Å². The van der Waals surface area contributed by atoms with Gasteiger partial charge in [-0.15, -0.1) is 0 Å². The van der Waals surface area contributed by atoms with Crippen LogP contribution in [0.1, 0.15) is 65.7 Å². The van der Waals surface area contributed by atoms with Gasteiger partial charge in [-0.3, -0.25) is 0 Å². The molecule has 0 aromatic heterocycles. The van der Waals surface area contributed by atoms with Crippen molar-refractivity contribution >= 4 is 6.03 Å². The van der Waals surface area contributed by atoms with Crippen LogP contribution in [0.2, 0.25) is 0 Å². The smallest absolute Gasteiger partial charge is 0.314 e. The molecule has 118 valence electrons. The highest BCUT2D eigenvalue weighted by Gasteiger charge is 2.25. The number of aliphatic hydroxyl groups is 1. The summed E-state index contributed by atoms with van der Waals surface area (Å²) in [4.78, 5) is 11.9. The molecule has 3 N–H and O–H groups in total. The van der Waals surface area contributed by atoms with Crippen LogP contribution in [0.5, 0.6) is 0 Å². The molecule has 4 nitrogen and oxygen atoms in total. The summed E-state index contributed by atoms with van der Waals surface area (Å²) in [5.74, 6) is 0.429. The molecule has 0 aromatic rings. The molecule has 1 rings (SSSR count). The minimum Gasteiger partial charge on any atom is -0.393 e. The Labute approximate surface area is 123 Å². The zero-order valence-electron chi connectivity index (χ0n) is 13.4. The van der Waals surface area contributed by atoms with E-state index in [1.54, 1.807) is 0 Å². The van der Waals surface area contributed by atoms with Crippen LogP contribution < -0.4 is 10.6 Å². The summed E-state index contributed by atoms with van der Waals surface area (Å²) in [6.45, 7) is 8.00. The maximum Gasteiger partial charge on any atom is 0.314 e. The Hall–Kier alpha value is -0.770. The lowest BCUT2D eigenvalue weighted by Crippen LogP contribution is -2.44. The molecular formula is C16H32N2O2. The van der Waals surface area contributed by atoms with E-state index in [9.17, 15) is 9.90 Å². The van der Waals surface area contributed by atoms with Crippen molar-refractivity contribution < 1.29 is 9.90 Å². The largest absolute Gasteiger partial charge is 0.393 e. The third kappa shape index (κ3) is 5.31. The normalized spacial score (nSPS) is 23.4. The average molecular weight is 284 g/mol. The third-order valence-corrected chi connectivity index (χ3v) is 5.18. The van der Waals surface area contributed by atoms with Crippen LogP contribution in [0.15, 0.2) is 0 Å². The number of hydrogen-bond acceptors (Lipinski definition) is 2. The molecule has 1 aliphatic carbocycles. The van der Waals surface area contributed by atoms with E-state index in [-0.39, 0.29) is 17.6 Å². The van der Waals surface area contributed by atoms with Gasteiger partial charge in [0.15, 0.2) is 0 Å². The van der Waals surface area contributed by atoms with E-state index in [4.69, 9.17) is 0 Å². The molecule has 2 amide bonds. The van der Waals surface area contributed by atoms with Crippen LogP contribution in [0.25, 0.3) is 0 Å². The molecule has 0 saturated heterocycles. The van der Waals surface area contributed by atoms with E-state index in [0.717, 1.165) is 51.5 Å². The number of carbonyl (C=O) groups excluding carboxylic acids is 1. The van der Waals surface area contributed by atoms with Gasteiger partial charge in [-0.25, -0.2) is 4.79 Å². The molecule has 1 saturated carbocycles. The second kappa shape index (κ2) is 8.50. The molecule has 0 bridgehead atoms. The monoisotopic (exact) mass is 284 g/mol. The second-order valence-electron chi connectivity index (χ2n) is 6.31. The van der Waals surface area contributed by atoms with Crippen molar-refractivity contribution in [1.29, 1.82) is 0 Å². The quantitative estimate of drug-likeness (QED) is 0.673. The van der Waals surface area contributed by atoms with Crippen LogP contribution in [0, 0.1) is 11.3 Å². The lowest BCUT2D eigenvalue weighted by atomic mass is 9.80. The molecule has 0 aliphatic heterocycles. The van der Waals surface area contributed by atoms with Gasteiger partial charge < -0.3 is 15.7 Å². The average Bonchev–Trinajstić information content (AvgIpc) is 2.47. The summed E-state index contributed by atoms with van der Waals surface area (Å²) < 4.78 is 0. The zero-order chi connectivity index (χ0) is 15.0. The van der Waals surface area contributed by atoms with Crippen LogP contribution >= 0.6 is 0 Å². The molecule has 0 spiro atoms. The first-order chi connectivity index (χ1) is 9.55. The third-order valence-electron chi connectivity index (χ3n) is 5.18. The fraction of sp³-hybridized carbons (Fsp3) is 0.938. The lowest BCUT2D eigenvalue weighted by molar-refractivity contribution is 0.101. The van der Waals surface area contributed by atoms with E-state index in [1.165, 1.54) is 0 Å². The van der Waals surface area contributed by atoms with Gasteiger partial charge in [0.1, 0.15) is 0 Å². The van der Waals surface area contributed by atoms with Crippen molar-refractivity contribution in [3.8, 4) is 0 Å². The molecule has 2 atom stereocenters. The highest BCUT2D eigenvalue weighted by atomic mass is 16.3. The number of carbonyl (C=O) groups is 1. The van der Waals surface area contributed by atoms with Gasteiger partial charge in [0.25, 0.3) is 0 Å². The Morgan fingerprint density at radius 1 is 1.15 bits per heavy atom. The lowest BCUT2D eigenvalue weighted by Gasteiger charge is -2.31. The molecule has 0 aromatic carbocycles. The van der Waals surface area contributed by atoms with Gasteiger partial charge in [0.2, 0.25) is 0 Å². The Morgan fingerprint density at radius 3 is 2.35 bits per heavy atom. The second-order valence-corrected chi connectivity index (χ2v) is 6.31. The maximum absolute atomic E-state index is 11.9. The molecule has 4 heteroatoms. The van der Waals surface area contributed by atoms with Crippen LogP contribution in [0.4, 0.5) is 4.79 Å². The molecule has 1 aliphatic rings. The minimum atomic E-state index is -0.175. The Bertz CT molecular complexity index is 282. The number of aliphatic hydroxyl groups excluding tert-OH is 1. The van der Waals surface area contributed by atoms with Crippen molar-refractivity contribution in [1.82, 2.24) is 10.6 Å². The van der Waals surface area contributed by atoms with Gasteiger partial charge >= 0.3 is 6.03 Å². The van der Waals surface area contributed by atoms with Crippen molar-refractivity contribution in [3.05, 3.63) is 0 Å².